The molecule has 0 aliphatic carbocycles. The monoisotopic (exact) mass is 1170 g/mol. The highest BCUT2D eigenvalue weighted by Crippen LogP contribution is 2.52. The molecule has 0 fully saturated rings. The number of anilines is 8. The van der Waals surface area contributed by atoms with Crippen molar-refractivity contribution in [3.05, 3.63) is 184 Å². The fraction of sp³-hybridized carbons (Fsp3) is 0.237. The van der Waals surface area contributed by atoms with E-state index in [1.807, 2.05) is 22.7 Å². The largest absolute Gasteiger partial charge is 0.458 e. The summed E-state index contributed by atoms with van der Waals surface area (Å²) < 4.78 is 26.9. The maximum atomic E-state index is 7.54. The highest BCUT2D eigenvalue weighted by atomic mass is 32.1. The number of thiophene rings is 2. The molecule has 0 bridgehead atoms. The first-order chi connectivity index (χ1) is 41.5. The molecule has 1 N–H and O–H groups in total. The lowest BCUT2D eigenvalue weighted by Crippen LogP contribution is -2.65. The molecule has 87 heavy (non-hydrogen) atoms. The van der Waals surface area contributed by atoms with Gasteiger partial charge in [0.15, 0.2) is 0 Å². The number of benzene rings is 9. The summed E-state index contributed by atoms with van der Waals surface area (Å²) in [7, 11) is 0. The van der Waals surface area contributed by atoms with Crippen LogP contribution in [-0.2, 0) is 16.2 Å². The van der Waals surface area contributed by atoms with E-state index in [2.05, 4.69) is 252 Å². The number of nitrogens with one attached hydrogen (secondary N) is 1. The van der Waals surface area contributed by atoms with Gasteiger partial charge in [0.25, 0.3) is 20.1 Å². The second-order valence-electron chi connectivity index (χ2n) is 28.9. The molecule has 6 aliphatic rings. The number of fused-ring (bicyclic) bond motifs is 16. The van der Waals surface area contributed by atoms with Crippen molar-refractivity contribution in [2.24, 2.45) is 0 Å². The Morgan fingerprint density at radius 2 is 0.816 bits per heavy atom. The summed E-state index contributed by atoms with van der Waals surface area (Å²) >= 11 is 3.74. The lowest BCUT2D eigenvalue weighted by molar-refractivity contribution is 0.461. The van der Waals surface area contributed by atoms with Crippen molar-refractivity contribution in [2.75, 3.05) is 15.1 Å². The van der Waals surface area contributed by atoms with E-state index in [4.69, 9.17) is 14.2 Å². The number of hydrogen-bond acceptors (Lipinski definition) is 8. The van der Waals surface area contributed by atoms with E-state index in [0.717, 1.165) is 73.3 Å². The van der Waals surface area contributed by atoms with Crippen LogP contribution in [0, 0.1) is 41.5 Å². The first-order valence-corrected chi connectivity index (χ1v) is 32.6. The number of nitrogens with zero attached hydrogens (tertiary/aromatic N) is 2. The minimum absolute atomic E-state index is 0.0805. The molecule has 11 heteroatoms. The number of rotatable bonds is 2. The summed E-state index contributed by atoms with van der Waals surface area (Å²) in [5, 5.41) is 6.49. The Balaban J connectivity index is 1.01. The van der Waals surface area contributed by atoms with Crippen LogP contribution in [0.2, 0.25) is 0 Å². The topological polar surface area (TPSA) is 46.2 Å². The Hall–Kier alpha value is -8.11. The summed E-state index contributed by atoms with van der Waals surface area (Å²) in [6.07, 6.45) is 0. The predicted molar refractivity (Wildman–Crippen MR) is 374 cm³/mol. The molecule has 2 aromatic heterocycles. The van der Waals surface area contributed by atoms with Crippen molar-refractivity contribution < 1.29 is 14.2 Å². The molecule has 8 heterocycles. The molecule has 0 atom stereocenters. The van der Waals surface area contributed by atoms with Gasteiger partial charge in [0.05, 0.1) is 11.4 Å². The van der Waals surface area contributed by atoms with Gasteiger partial charge in [-0.3, -0.25) is 0 Å². The molecule has 6 aliphatic heterocycles. The minimum Gasteiger partial charge on any atom is -0.458 e. The maximum Gasteiger partial charge on any atom is 0.273 e. The van der Waals surface area contributed by atoms with Crippen LogP contribution in [0.3, 0.4) is 0 Å². The fourth-order valence-electron chi connectivity index (χ4n) is 15.8. The third-order valence-electron chi connectivity index (χ3n) is 19.7. The highest BCUT2D eigenvalue weighted by molar-refractivity contribution is 7.34. The molecule has 0 amide bonds. The molecular weight excluding hydrogens is 1100 g/mol. The van der Waals surface area contributed by atoms with Gasteiger partial charge in [-0.2, -0.15) is 0 Å². The lowest BCUT2D eigenvalue weighted by atomic mass is 9.30. The molecular formula is C76H68B3N3O3S2. The first-order valence-electron chi connectivity index (χ1n) is 31.0. The molecule has 9 aromatic carbocycles. The SMILES string of the molecule is Cc1cc(C)c(N2c3cc4c(cc3B3c5cc6c(cc5N(c5c(C)cc(C)cc5C)c5cc(C(C)(C)C)cc2c53)Oc2cc(C(C)(C)C)cc3c2B6c2sc5ccccc5c2O3)B2c3sc5ccccc5c3Oc3cc(C(C)(C)C)cc(c32)N4)c(C)c1. The van der Waals surface area contributed by atoms with Gasteiger partial charge in [-0.25, -0.2) is 0 Å². The van der Waals surface area contributed by atoms with E-state index in [1.54, 1.807) is 0 Å². The predicted octanol–water partition coefficient (Wildman–Crippen LogP) is 15.3. The van der Waals surface area contributed by atoms with Gasteiger partial charge >= 0.3 is 0 Å². The molecule has 11 aromatic rings. The second kappa shape index (κ2) is 17.8. The zero-order chi connectivity index (χ0) is 60.0. The minimum atomic E-state index is -0.210. The molecule has 0 radical (unpaired) electrons. The summed E-state index contributed by atoms with van der Waals surface area (Å²) in [4.78, 5) is 5.31. The van der Waals surface area contributed by atoms with Crippen molar-refractivity contribution in [1.29, 1.82) is 0 Å². The molecule has 0 saturated heterocycles. The molecule has 426 valence electrons. The average Bonchev–Trinajstić information content (AvgIpc) is 1.57. The van der Waals surface area contributed by atoms with Crippen LogP contribution < -0.4 is 77.1 Å². The van der Waals surface area contributed by atoms with Crippen molar-refractivity contribution in [1.82, 2.24) is 0 Å². The van der Waals surface area contributed by atoms with Crippen molar-refractivity contribution >= 4 is 156 Å². The van der Waals surface area contributed by atoms with Gasteiger partial charge < -0.3 is 29.3 Å². The smallest absolute Gasteiger partial charge is 0.273 e. The van der Waals surface area contributed by atoms with E-state index in [1.165, 1.54) is 125 Å². The number of ether oxygens (including phenoxy) is 3. The summed E-state index contributed by atoms with van der Waals surface area (Å²) in [6, 6.07) is 51.7. The van der Waals surface area contributed by atoms with E-state index in [-0.39, 0.29) is 36.4 Å². The van der Waals surface area contributed by atoms with Crippen molar-refractivity contribution in [3.8, 4) is 34.5 Å². The van der Waals surface area contributed by atoms with Gasteiger partial charge in [0, 0.05) is 75.4 Å². The molecule has 0 spiro atoms. The third-order valence-corrected chi connectivity index (χ3v) is 22.2. The Labute approximate surface area is 520 Å². The Morgan fingerprint density at radius 3 is 1.33 bits per heavy atom. The Morgan fingerprint density at radius 1 is 0.379 bits per heavy atom. The van der Waals surface area contributed by atoms with E-state index in [0.29, 0.717) is 0 Å². The standard InChI is InChI=1S/C76H68B3N3O3S2/c1-38-24-40(3)68(41(4)25-38)81-55-36-53-49(78-65-54(80-53)28-44(74(7,8)9)31-60(65)84-70-47-20-16-18-22-63(47)86-72(70)78)34-50(55)77-51-35-52-59(37-56(51)82(69-42(5)26-39(2)27-43(69)6)58-30-45(75(10,11)12)29-57(81)66(58)77)83-61-32-46(76(13,14)15)33-62-67(61)79(52)73-71(85-62)48-21-17-19-23-64(48)87-73/h16-37,80H,1-15H3. The summed E-state index contributed by atoms with van der Waals surface area (Å²) in [5.41, 5.74) is 28.6. The van der Waals surface area contributed by atoms with Crippen LogP contribution in [-0.4, -0.2) is 20.1 Å². The zero-order valence-corrected chi connectivity index (χ0v) is 54.0. The molecule has 0 saturated carbocycles. The highest BCUT2D eigenvalue weighted by Gasteiger charge is 2.51. The van der Waals surface area contributed by atoms with Gasteiger partial charge in [0.2, 0.25) is 0 Å². The van der Waals surface area contributed by atoms with E-state index >= 15 is 0 Å². The van der Waals surface area contributed by atoms with Gasteiger partial charge in [-0.15, -0.1) is 22.7 Å². The second-order valence-corrected chi connectivity index (χ2v) is 31.1. The average molecular weight is 1170 g/mol. The summed E-state index contributed by atoms with van der Waals surface area (Å²) in [6.45, 7) is 34.2. The van der Waals surface area contributed by atoms with Gasteiger partial charge in [-0.05, 0) is 196 Å². The van der Waals surface area contributed by atoms with Crippen LogP contribution in [0.5, 0.6) is 34.5 Å². The molecule has 17 rings (SSSR count). The van der Waals surface area contributed by atoms with Crippen LogP contribution in [0.4, 0.5) is 45.5 Å². The third kappa shape index (κ3) is 7.54. The Kier molecular flexibility index (Phi) is 10.9. The van der Waals surface area contributed by atoms with Crippen LogP contribution in [0.25, 0.3) is 20.2 Å². The molecule has 6 nitrogen and oxygen atoms in total. The summed E-state index contributed by atoms with van der Waals surface area (Å²) in [5.74, 6) is 5.50. The number of aryl methyl sites for hydroxylation is 6. The lowest BCUT2D eigenvalue weighted by Gasteiger charge is -2.47. The maximum absolute atomic E-state index is 7.54. The van der Waals surface area contributed by atoms with Crippen LogP contribution >= 0.6 is 22.7 Å². The normalized spacial score (nSPS) is 14.6. The fourth-order valence-corrected chi connectivity index (χ4v) is 18.3. The van der Waals surface area contributed by atoms with E-state index < -0.39 is 0 Å². The quantitative estimate of drug-likeness (QED) is 0.174. The van der Waals surface area contributed by atoms with E-state index in [9.17, 15) is 0 Å². The molecule has 0 unspecified atom stereocenters. The van der Waals surface area contributed by atoms with Crippen molar-refractivity contribution in [2.45, 2.75) is 120 Å². The first kappa shape index (κ1) is 53.2. The van der Waals surface area contributed by atoms with Gasteiger partial charge in [0.1, 0.15) is 34.5 Å². The number of hydrogen-bond donors (Lipinski definition) is 1. The van der Waals surface area contributed by atoms with Crippen LogP contribution in [0.15, 0.2) is 133 Å². The Bertz CT molecular complexity index is 4610. The van der Waals surface area contributed by atoms with Crippen LogP contribution in [0.1, 0.15) is 112 Å². The zero-order valence-electron chi connectivity index (χ0n) is 52.4. The van der Waals surface area contributed by atoms with Gasteiger partial charge in [-0.1, -0.05) is 134 Å². The van der Waals surface area contributed by atoms with Crippen molar-refractivity contribution in [3.63, 3.8) is 0 Å².